The van der Waals surface area contributed by atoms with Crippen molar-refractivity contribution in [1.29, 1.82) is 0 Å². The number of aryl methyl sites for hydroxylation is 1. The van der Waals surface area contributed by atoms with Crippen molar-refractivity contribution in [2.75, 3.05) is 18.9 Å². The van der Waals surface area contributed by atoms with Crippen LogP contribution >= 0.6 is 24.8 Å². The SMILES string of the molecule is CCn1c(-c2nonc2N)nc2c(C#CC(C)(C)O)ncc(OCCCNC3CCCC3)c21.Cl.Cl. The number of nitrogen functional groups attached to an aromatic ring is 1. The van der Waals surface area contributed by atoms with Gasteiger partial charge in [0.15, 0.2) is 23.1 Å². The Morgan fingerprint density at radius 2 is 2.03 bits per heavy atom. The second-order valence-corrected chi connectivity index (χ2v) is 8.79. The van der Waals surface area contributed by atoms with Gasteiger partial charge in [-0.3, -0.25) is 0 Å². The van der Waals surface area contributed by atoms with Gasteiger partial charge in [-0.2, -0.15) is 0 Å². The Bertz CT molecular complexity index is 1170. The standard InChI is InChI=1S/C23H31N7O3.2ClH/c1-4-30-20-17(32-13-7-12-25-15-8-5-6-9-15)14-26-16(10-11-23(2,3)31)18(20)27-22(30)19-21(24)29-33-28-19;;/h14-15,25,31H,4-9,12-13H2,1-3H3,(H2,24,29);2*1H. The van der Waals surface area contributed by atoms with E-state index in [-0.39, 0.29) is 30.6 Å². The van der Waals surface area contributed by atoms with Crippen LogP contribution in [0.1, 0.15) is 58.6 Å². The first-order valence-electron chi connectivity index (χ1n) is 11.5. The van der Waals surface area contributed by atoms with E-state index in [9.17, 15) is 5.11 Å². The van der Waals surface area contributed by atoms with E-state index in [0.717, 1.165) is 18.5 Å². The van der Waals surface area contributed by atoms with Crippen molar-refractivity contribution in [2.24, 2.45) is 0 Å². The number of aromatic nitrogens is 5. The van der Waals surface area contributed by atoms with E-state index in [2.05, 4.69) is 32.5 Å². The molecule has 0 aliphatic heterocycles. The summed E-state index contributed by atoms with van der Waals surface area (Å²) in [5.74, 6) is 7.00. The summed E-state index contributed by atoms with van der Waals surface area (Å²) in [7, 11) is 0. The number of halogens is 2. The lowest BCUT2D eigenvalue weighted by Gasteiger charge is -2.13. The Kier molecular flexibility index (Phi) is 10.2. The molecule has 3 aromatic rings. The van der Waals surface area contributed by atoms with Crippen molar-refractivity contribution in [2.45, 2.75) is 71.1 Å². The molecule has 0 aromatic carbocycles. The number of aliphatic hydroxyl groups is 1. The van der Waals surface area contributed by atoms with Crippen LogP contribution in [0, 0.1) is 11.8 Å². The molecular formula is C23H33Cl2N7O3. The molecule has 4 rings (SSSR count). The molecule has 10 nitrogen and oxygen atoms in total. The van der Waals surface area contributed by atoms with Gasteiger partial charge in [0.2, 0.25) is 0 Å². The van der Waals surface area contributed by atoms with Gasteiger partial charge in [0, 0.05) is 12.6 Å². The maximum Gasteiger partial charge on any atom is 0.199 e. The molecule has 0 saturated heterocycles. The molecule has 12 heteroatoms. The third kappa shape index (κ3) is 6.76. The van der Waals surface area contributed by atoms with Crippen LogP contribution in [-0.2, 0) is 6.54 Å². The highest BCUT2D eigenvalue weighted by atomic mass is 35.5. The maximum atomic E-state index is 10.0. The summed E-state index contributed by atoms with van der Waals surface area (Å²) in [4.78, 5) is 9.20. The third-order valence-corrected chi connectivity index (χ3v) is 5.63. The zero-order chi connectivity index (χ0) is 23.4. The molecule has 0 spiro atoms. The van der Waals surface area contributed by atoms with Crippen molar-refractivity contribution < 1.29 is 14.5 Å². The number of nitrogens with two attached hydrogens (primary N) is 1. The molecule has 0 atom stereocenters. The Morgan fingerprint density at radius 3 is 2.66 bits per heavy atom. The van der Waals surface area contributed by atoms with Crippen LogP contribution in [0.2, 0.25) is 0 Å². The first-order chi connectivity index (χ1) is 15.9. The topological polar surface area (TPSA) is 137 Å². The molecule has 3 heterocycles. The monoisotopic (exact) mass is 525 g/mol. The van der Waals surface area contributed by atoms with Crippen molar-refractivity contribution in [3.8, 4) is 29.1 Å². The molecule has 0 bridgehead atoms. The van der Waals surface area contributed by atoms with Gasteiger partial charge in [0.1, 0.15) is 22.3 Å². The van der Waals surface area contributed by atoms with Crippen LogP contribution in [0.25, 0.3) is 22.6 Å². The van der Waals surface area contributed by atoms with Gasteiger partial charge in [0.05, 0.1) is 12.8 Å². The normalized spacial score (nSPS) is 13.7. The Hall–Kier alpha value is -2.58. The largest absolute Gasteiger partial charge is 0.490 e. The van der Waals surface area contributed by atoms with E-state index >= 15 is 0 Å². The minimum absolute atomic E-state index is 0. The number of hydrogen-bond donors (Lipinski definition) is 3. The second kappa shape index (κ2) is 12.4. The average molecular weight is 526 g/mol. The highest BCUT2D eigenvalue weighted by Crippen LogP contribution is 2.33. The number of fused-ring (bicyclic) bond motifs is 1. The lowest BCUT2D eigenvalue weighted by Crippen LogP contribution is -2.27. The number of imidazole rings is 1. The number of anilines is 1. The first-order valence-corrected chi connectivity index (χ1v) is 11.5. The minimum Gasteiger partial charge on any atom is -0.490 e. The van der Waals surface area contributed by atoms with E-state index in [1.54, 1.807) is 20.0 Å². The van der Waals surface area contributed by atoms with E-state index in [1.165, 1.54) is 25.7 Å². The fourth-order valence-corrected chi connectivity index (χ4v) is 4.05. The van der Waals surface area contributed by atoms with Gasteiger partial charge in [0.25, 0.3) is 0 Å². The molecule has 1 saturated carbocycles. The zero-order valence-corrected chi connectivity index (χ0v) is 21.8. The van der Waals surface area contributed by atoms with Gasteiger partial charge < -0.3 is 25.5 Å². The molecule has 3 aromatic heterocycles. The molecule has 4 N–H and O–H groups in total. The Balaban J connectivity index is 0.00000216. The van der Waals surface area contributed by atoms with Gasteiger partial charge in [-0.15, -0.1) is 24.8 Å². The highest BCUT2D eigenvalue weighted by molar-refractivity contribution is 5.89. The molecule has 0 radical (unpaired) electrons. The quantitative estimate of drug-likeness (QED) is 0.298. The predicted octanol–water partition coefficient (Wildman–Crippen LogP) is 3.35. The van der Waals surface area contributed by atoms with Crippen LogP contribution in [0.3, 0.4) is 0 Å². The molecule has 1 fully saturated rings. The first kappa shape index (κ1) is 28.7. The van der Waals surface area contributed by atoms with E-state index in [0.29, 0.717) is 47.7 Å². The molecule has 35 heavy (non-hydrogen) atoms. The average Bonchev–Trinajstić information content (AvgIpc) is 3.51. The fourth-order valence-electron chi connectivity index (χ4n) is 4.05. The third-order valence-electron chi connectivity index (χ3n) is 5.63. The van der Waals surface area contributed by atoms with Crippen LogP contribution in [0.5, 0.6) is 5.75 Å². The summed E-state index contributed by atoms with van der Waals surface area (Å²) in [5, 5.41) is 21.2. The molecule has 1 aliphatic carbocycles. The number of hydrogen-bond acceptors (Lipinski definition) is 9. The van der Waals surface area contributed by atoms with Crippen molar-refractivity contribution >= 4 is 41.7 Å². The van der Waals surface area contributed by atoms with Crippen LogP contribution < -0.4 is 15.8 Å². The van der Waals surface area contributed by atoms with Crippen molar-refractivity contribution in [1.82, 2.24) is 30.2 Å². The smallest absolute Gasteiger partial charge is 0.199 e. The summed E-state index contributed by atoms with van der Waals surface area (Å²) in [6.07, 6.45) is 7.69. The van der Waals surface area contributed by atoms with Gasteiger partial charge >= 0.3 is 0 Å². The van der Waals surface area contributed by atoms with Gasteiger partial charge in [-0.25, -0.2) is 14.6 Å². The Morgan fingerprint density at radius 1 is 1.29 bits per heavy atom. The van der Waals surface area contributed by atoms with Crippen molar-refractivity contribution in [3.05, 3.63) is 11.9 Å². The van der Waals surface area contributed by atoms with Crippen molar-refractivity contribution in [3.63, 3.8) is 0 Å². The molecule has 0 unspecified atom stereocenters. The van der Waals surface area contributed by atoms with E-state index in [1.807, 2.05) is 11.5 Å². The lowest BCUT2D eigenvalue weighted by molar-refractivity contribution is 0.143. The minimum atomic E-state index is -1.16. The van der Waals surface area contributed by atoms with Crippen LogP contribution in [0.4, 0.5) is 5.82 Å². The zero-order valence-electron chi connectivity index (χ0n) is 20.2. The summed E-state index contributed by atoms with van der Waals surface area (Å²) in [6, 6.07) is 0.637. The number of nitrogens with zero attached hydrogens (tertiary/aromatic N) is 5. The van der Waals surface area contributed by atoms with E-state index < -0.39 is 5.60 Å². The van der Waals surface area contributed by atoms with E-state index in [4.69, 9.17) is 20.1 Å². The number of nitrogens with one attached hydrogen (secondary N) is 1. The van der Waals surface area contributed by atoms with Gasteiger partial charge in [-0.1, -0.05) is 18.8 Å². The molecule has 0 amide bonds. The predicted molar refractivity (Wildman–Crippen MR) is 139 cm³/mol. The molecule has 1 aliphatic rings. The summed E-state index contributed by atoms with van der Waals surface area (Å²) < 4.78 is 12.9. The Labute approximate surface area is 217 Å². The summed E-state index contributed by atoms with van der Waals surface area (Å²) in [6.45, 7) is 7.27. The number of ether oxygens (including phenoxy) is 1. The summed E-state index contributed by atoms with van der Waals surface area (Å²) >= 11 is 0. The summed E-state index contributed by atoms with van der Waals surface area (Å²) in [5.41, 5.74) is 6.86. The number of pyridine rings is 1. The fraction of sp³-hybridized carbons (Fsp3) is 0.565. The molecule has 192 valence electrons. The lowest BCUT2D eigenvalue weighted by atomic mass is 10.1. The highest BCUT2D eigenvalue weighted by Gasteiger charge is 2.23. The maximum absolute atomic E-state index is 10.0. The van der Waals surface area contributed by atoms with Gasteiger partial charge in [-0.05, 0) is 62.8 Å². The molecular weight excluding hydrogens is 493 g/mol. The van der Waals surface area contributed by atoms with Crippen LogP contribution in [-0.4, -0.2) is 54.7 Å². The number of rotatable bonds is 8. The second-order valence-electron chi connectivity index (χ2n) is 8.79. The van der Waals surface area contributed by atoms with Crippen LogP contribution in [0.15, 0.2) is 10.8 Å².